The van der Waals surface area contributed by atoms with Gasteiger partial charge in [-0.1, -0.05) is 0 Å². The highest BCUT2D eigenvalue weighted by Gasteiger charge is 2.49. The fourth-order valence-corrected chi connectivity index (χ4v) is 7.40. The molecule has 6 rings (SSSR count). The van der Waals surface area contributed by atoms with Gasteiger partial charge in [0.15, 0.2) is 6.10 Å². The Morgan fingerprint density at radius 2 is 1.79 bits per heavy atom. The normalized spacial score (nSPS) is 25.9. The van der Waals surface area contributed by atoms with Crippen molar-refractivity contribution in [2.45, 2.75) is 37.3 Å². The van der Waals surface area contributed by atoms with Gasteiger partial charge in [-0.15, -0.1) is 0 Å². The summed E-state index contributed by atoms with van der Waals surface area (Å²) in [6.45, 7) is 0.709. The second kappa shape index (κ2) is 10.3. The van der Waals surface area contributed by atoms with Crippen LogP contribution in [0.25, 0.3) is 10.9 Å². The minimum Gasteiger partial charge on any atom is -0.496 e. The summed E-state index contributed by atoms with van der Waals surface area (Å²) in [5, 5.41) is 3.86. The smallest absolute Gasteiger partial charge is 0.151 e. The monoisotopic (exact) mass is 544 g/mol. The molecule has 4 heterocycles. The van der Waals surface area contributed by atoms with Crippen molar-refractivity contribution in [1.82, 2.24) is 9.97 Å². The summed E-state index contributed by atoms with van der Waals surface area (Å²) in [4.78, 5) is 8.82. The zero-order chi connectivity index (χ0) is 26.3. The molecule has 3 aromatic rings. The summed E-state index contributed by atoms with van der Waals surface area (Å²) in [5.74, 6) is 1.97. The van der Waals surface area contributed by atoms with E-state index in [0.717, 1.165) is 12.8 Å². The van der Waals surface area contributed by atoms with Gasteiger partial charge in [-0.3, -0.25) is 0 Å². The number of nitrogens with zero attached hydrogens (tertiary/aromatic N) is 3. The van der Waals surface area contributed by atoms with Crippen molar-refractivity contribution in [3.05, 3.63) is 42.5 Å². The molecule has 12 heteroatoms. The largest absolute Gasteiger partial charge is 0.496 e. The van der Waals surface area contributed by atoms with Crippen LogP contribution in [0.4, 0.5) is 21.6 Å². The van der Waals surface area contributed by atoms with E-state index in [9.17, 15) is 8.60 Å². The standard InChI is InChI=1S/C26H29FN4O6S/c1-33-20-11-16(31-38(32)7-3-4-8-38)10-18-23(20)26(29-14-28-18)30-17-6-5-15(27)9-19(17)37-22-13-36-24-21(34-2)12-35-25(22)24/h5-6,9-11,14,21-22,24-25H,3-4,7-8,12-13H2,1-2H3,(H,28,29,30)/t21-,22-,24?,25-/m1/s1. The molecule has 0 spiro atoms. The predicted molar refractivity (Wildman–Crippen MR) is 140 cm³/mol. The van der Waals surface area contributed by atoms with Gasteiger partial charge >= 0.3 is 0 Å². The van der Waals surface area contributed by atoms with Crippen LogP contribution in [0.3, 0.4) is 0 Å². The van der Waals surface area contributed by atoms with Crippen molar-refractivity contribution in [2.75, 3.05) is 44.3 Å². The Balaban J connectivity index is 1.32. The molecule has 1 aromatic heterocycles. The maximum atomic E-state index is 14.3. The lowest BCUT2D eigenvalue weighted by molar-refractivity contribution is -0.0138. The highest BCUT2D eigenvalue weighted by atomic mass is 32.2. The molecule has 0 aliphatic carbocycles. The van der Waals surface area contributed by atoms with E-state index < -0.39 is 21.7 Å². The first kappa shape index (κ1) is 25.2. The number of fused-ring (bicyclic) bond motifs is 2. The lowest BCUT2D eigenvalue weighted by Gasteiger charge is -2.21. The van der Waals surface area contributed by atoms with Crippen LogP contribution in [0.15, 0.2) is 41.0 Å². The topological polar surface area (TPSA) is 113 Å². The van der Waals surface area contributed by atoms with E-state index in [4.69, 9.17) is 23.7 Å². The molecule has 1 unspecified atom stereocenters. The van der Waals surface area contributed by atoms with Crippen LogP contribution in [0.1, 0.15) is 12.8 Å². The third-order valence-electron chi connectivity index (χ3n) is 7.10. The molecular weight excluding hydrogens is 515 g/mol. The average Bonchev–Trinajstić information content (AvgIpc) is 3.63. The van der Waals surface area contributed by atoms with E-state index in [0.29, 0.717) is 64.3 Å². The molecule has 3 aliphatic rings. The van der Waals surface area contributed by atoms with E-state index in [1.165, 1.54) is 18.5 Å². The van der Waals surface area contributed by atoms with E-state index in [1.807, 2.05) is 0 Å². The summed E-state index contributed by atoms with van der Waals surface area (Å²) in [7, 11) is 0.902. The van der Waals surface area contributed by atoms with Crippen LogP contribution >= 0.6 is 0 Å². The Bertz CT molecular complexity index is 1470. The van der Waals surface area contributed by atoms with Gasteiger partial charge in [0, 0.05) is 30.7 Å². The fourth-order valence-electron chi connectivity index (χ4n) is 5.21. The maximum absolute atomic E-state index is 14.3. The minimum absolute atomic E-state index is 0.165. The van der Waals surface area contributed by atoms with Gasteiger partial charge in [0.05, 0.1) is 52.3 Å². The number of ether oxygens (including phenoxy) is 5. The molecule has 1 N–H and O–H groups in total. The molecule has 3 fully saturated rings. The molecule has 3 aliphatic heterocycles. The summed E-state index contributed by atoms with van der Waals surface area (Å²) >= 11 is 0. The number of hydrogen-bond donors (Lipinski definition) is 1. The van der Waals surface area contributed by atoms with Gasteiger partial charge in [0.25, 0.3) is 0 Å². The van der Waals surface area contributed by atoms with Crippen LogP contribution < -0.4 is 14.8 Å². The van der Waals surface area contributed by atoms with Crippen molar-refractivity contribution >= 4 is 37.8 Å². The second-order valence-corrected chi connectivity index (χ2v) is 12.1. The van der Waals surface area contributed by atoms with Crippen molar-refractivity contribution in [2.24, 2.45) is 4.36 Å². The second-order valence-electron chi connectivity index (χ2n) is 9.54. The van der Waals surface area contributed by atoms with Gasteiger partial charge < -0.3 is 29.0 Å². The Morgan fingerprint density at radius 1 is 1.03 bits per heavy atom. The summed E-state index contributed by atoms with van der Waals surface area (Å²) in [6.07, 6.45) is 2.11. The maximum Gasteiger partial charge on any atom is 0.151 e. The van der Waals surface area contributed by atoms with Crippen LogP contribution in [0.2, 0.25) is 0 Å². The van der Waals surface area contributed by atoms with Crippen LogP contribution in [-0.2, 0) is 23.9 Å². The zero-order valence-corrected chi connectivity index (χ0v) is 21.9. The SMILES string of the molecule is COc1cc(N=S2(=O)CCCC2)cc2ncnc(Nc3ccc(F)cc3O[C@@H]3COC4[C@H](OC)CO[C@@H]43)c12. The molecule has 4 atom stereocenters. The number of aromatic nitrogens is 2. The number of methoxy groups -OCH3 is 2. The van der Waals surface area contributed by atoms with Gasteiger partial charge in [-0.2, -0.15) is 4.36 Å². The Morgan fingerprint density at radius 3 is 2.55 bits per heavy atom. The average molecular weight is 545 g/mol. The molecule has 202 valence electrons. The highest BCUT2D eigenvalue weighted by Crippen LogP contribution is 2.39. The van der Waals surface area contributed by atoms with Crippen LogP contribution in [0.5, 0.6) is 11.5 Å². The Labute approximate surface area is 220 Å². The summed E-state index contributed by atoms with van der Waals surface area (Å²) < 4.78 is 60.8. The van der Waals surface area contributed by atoms with E-state index in [2.05, 4.69) is 19.6 Å². The number of anilines is 2. The molecule has 0 radical (unpaired) electrons. The van der Waals surface area contributed by atoms with E-state index >= 15 is 0 Å². The number of rotatable bonds is 7. The number of benzene rings is 2. The van der Waals surface area contributed by atoms with Crippen molar-refractivity contribution in [1.29, 1.82) is 0 Å². The molecule has 0 amide bonds. The van der Waals surface area contributed by atoms with E-state index in [1.54, 1.807) is 32.4 Å². The Hall–Kier alpha value is -3.06. The molecule has 2 aromatic carbocycles. The first-order valence-electron chi connectivity index (χ1n) is 12.5. The predicted octanol–water partition coefficient (Wildman–Crippen LogP) is 3.97. The van der Waals surface area contributed by atoms with Gasteiger partial charge in [-0.25, -0.2) is 18.6 Å². The first-order valence-corrected chi connectivity index (χ1v) is 14.4. The molecular formula is C26H29FN4O6S. The molecule has 0 bridgehead atoms. The van der Waals surface area contributed by atoms with Crippen LogP contribution in [0, 0.1) is 5.82 Å². The number of hydrogen-bond acceptors (Lipinski definition) is 10. The number of nitrogens with one attached hydrogen (secondary N) is 1. The van der Waals surface area contributed by atoms with Gasteiger partial charge in [0.2, 0.25) is 0 Å². The van der Waals surface area contributed by atoms with Crippen molar-refractivity contribution in [3.8, 4) is 11.5 Å². The van der Waals surface area contributed by atoms with Gasteiger partial charge in [0.1, 0.15) is 47.8 Å². The van der Waals surface area contributed by atoms with Crippen molar-refractivity contribution in [3.63, 3.8) is 0 Å². The van der Waals surface area contributed by atoms with Crippen LogP contribution in [-0.4, -0.2) is 77.5 Å². The summed E-state index contributed by atoms with van der Waals surface area (Å²) in [6, 6.07) is 7.75. The molecule has 10 nitrogen and oxygen atoms in total. The zero-order valence-electron chi connectivity index (χ0n) is 21.1. The first-order chi connectivity index (χ1) is 18.5. The molecule has 38 heavy (non-hydrogen) atoms. The molecule has 0 saturated carbocycles. The highest BCUT2D eigenvalue weighted by molar-refractivity contribution is 7.93. The van der Waals surface area contributed by atoms with E-state index in [-0.39, 0.29) is 18.3 Å². The quantitative estimate of drug-likeness (QED) is 0.472. The number of halogens is 1. The third kappa shape index (κ3) is 4.77. The molecule has 3 saturated heterocycles. The lowest BCUT2D eigenvalue weighted by atomic mass is 10.1. The minimum atomic E-state index is -2.26. The Kier molecular flexibility index (Phi) is 6.81. The lowest BCUT2D eigenvalue weighted by Crippen LogP contribution is -2.35. The fraction of sp³-hybridized carbons (Fsp3) is 0.462. The third-order valence-corrected chi connectivity index (χ3v) is 9.49. The summed E-state index contributed by atoms with van der Waals surface area (Å²) in [5.41, 5.74) is 1.63. The van der Waals surface area contributed by atoms with Crippen molar-refractivity contribution < 1.29 is 32.3 Å². The van der Waals surface area contributed by atoms with Gasteiger partial charge in [-0.05, 0) is 31.0 Å².